The van der Waals surface area contributed by atoms with Crippen LogP contribution in [-0.2, 0) is 20.7 Å². The van der Waals surface area contributed by atoms with Crippen LogP contribution in [0.15, 0.2) is 60.2 Å². The summed E-state index contributed by atoms with van der Waals surface area (Å²) in [7, 11) is 1.65. The zero-order valence-electron chi connectivity index (χ0n) is 25.6. The van der Waals surface area contributed by atoms with Crippen LogP contribution in [0.1, 0.15) is 88.8 Å². The Balaban J connectivity index is 1.49. The quantitative estimate of drug-likeness (QED) is 0.147. The lowest BCUT2D eigenvalue weighted by molar-refractivity contribution is -0.142. The maximum absolute atomic E-state index is 13.7. The van der Waals surface area contributed by atoms with E-state index < -0.39 is 11.5 Å². The molecule has 0 N–H and O–H groups in total. The molecule has 0 radical (unpaired) electrons. The maximum Gasteiger partial charge on any atom is 0.318 e. The largest absolute Gasteiger partial charge is 0.497 e. The summed E-state index contributed by atoms with van der Waals surface area (Å²) in [5, 5.41) is 2.09. The minimum absolute atomic E-state index is 0.0164. The average Bonchev–Trinajstić information content (AvgIpc) is 2.98. The Morgan fingerprint density at radius 3 is 2.55 bits per heavy atom. The third-order valence-electron chi connectivity index (χ3n) is 8.77. The highest BCUT2D eigenvalue weighted by atomic mass is 16.5. The molecule has 6 heteroatoms. The van der Waals surface area contributed by atoms with Crippen LogP contribution in [0.25, 0.3) is 10.8 Å². The minimum atomic E-state index is -0.468. The summed E-state index contributed by atoms with van der Waals surface area (Å²) in [4.78, 5) is 25.6. The average molecular weight is 571 g/mol. The zero-order chi connectivity index (χ0) is 30.0. The molecule has 3 atom stereocenters. The Morgan fingerprint density at radius 2 is 1.81 bits per heavy atom. The van der Waals surface area contributed by atoms with Gasteiger partial charge in [0.05, 0.1) is 13.0 Å². The molecule has 0 saturated carbocycles. The van der Waals surface area contributed by atoms with Gasteiger partial charge in [-0.3, -0.25) is 9.59 Å². The molecule has 5 rings (SSSR count). The lowest BCUT2D eigenvalue weighted by atomic mass is 9.67. The van der Waals surface area contributed by atoms with Gasteiger partial charge in [0.2, 0.25) is 0 Å². The number of carbonyl (C=O) groups is 2. The molecule has 3 aromatic rings. The monoisotopic (exact) mass is 570 g/mol. The second kappa shape index (κ2) is 12.2. The molecule has 1 heterocycles. The molecular formula is C36H42O6. The highest BCUT2D eigenvalue weighted by molar-refractivity contribution is 5.87. The third-order valence-corrected chi connectivity index (χ3v) is 8.77. The van der Waals surface area contributed by atoms with Crippen molar-refractivity contribution in [2.24, 2.45) is 5.92 Å². The minimum Gasteiger partial charge on any atom is -0.497 e. The third kappa shape index (κ3) is 6.04. The van der Waals surface area contributed by atoms with Crippen molar-refractivity contribution in [2.75, 3.05) is 13.7 Å². The Kier molecular flexibility index (Phi) is 8.63. The molecule has 42 heavy (non-hydrogen) atoms. The number of esters is 2. The van der Waals surface area contributed by atoms with E-state index in [0.29, 0.717) is 18.8 Å². The number of carbonyl (C=O) groups excluding carboxylic acids is 2. The van der Waals surface area contributed by atoms with Crippen molar-refractivity contribution in [2.45, 2.75) is 84.2 Å². The topological polar surface area (TPSA) is 71.1 Å². The molecule has 6 nitrogen and oxygen atoms in total. The van der Waals surface area contributed by atoms with Crippen LogP contribution >= 0.6 is 0 Å². The number of ether oxygens (including phenoxy) is 4. The van der Waals surface area contributed by atoms with E-state index in [1.165, 1.54) is 0 Å². The first-order chi connectivity index (χ1) is 20.1. The van der Waals surface area contributed by atoms with Crippen molar-refractivity contribution < 1.29 is 28.5 Å². The molecule has 3 aromatic carbocycles. The lowest BCUT2D eigenvalue weighted by Crippen LogP contribution is -2.45. The first-order valence-corrected chi connectivity index (χ1v) is 15.1. The van der Waals surface area contributed by atoms with Crippen molar-refractivity contribution in [3.05, 3.63) is 76.9 Å². The van der Waals surface area contributed by atoms with Crippen molar-refractivity contribution in [3.63, 3.8) is 0 Å². The van der Waals surface area contributed by atoms with Crippen molar-refractivity contribution in [3.8, 4) is 17.2 Å². The summed E-state index contributed by atoms with van der Waals surface area (Å²) < 4.78 is 23.8. The maximum atomic E-state index is 13.7. The van der Waals surface area contributed by atoms with Gasteiger partial charge in [0.1, 0.15) is 29.5 Å². The first kappa shape index (κ1) is 29.7. The number of allylic oxidation sites excluding steroid dienone is 1. The summed E-state index contributed by atoms with van der Waals surface area (Å²) in [5.41, 5.74) is 3.58. The number of methoxy groups -OCH3 is 1. The summed E-state index contributed by atoms with van der Waals surface area (Å²) in [6, 6.07) is 16.1. The van der Waals surface area contributed by atoms with Crippen LogP contribution in [0, 0.1) is 5.92 Å². The summed E-state index contributed by atoms with van der Waals surface area (Å²) in [6.07, 6.45) is 6.13. The fraction of sp³-hybridized carbons (Fsp3) is 0.444. The number of aryl methyl sites for hydroxylation is 1. The van der Waals surface area contributed by atoms with Crippen LogP contribution in [0.5, 0.6) is 17.2 Å². The number of rotatable bonds is 9. The first-order valence-electron chi connectivity index (χ1n) is 15.1. The predicted octanol–water partition coefficient (Wildman–Crippen LogP) is 8.05. The smallest absolute Gasteiger partial charge is 0.318 e. The standard InChI is InChI=1S/C36H42O6/c1-7-9-23-17-31(41-35(38)22(3)25-11-12-27-20-28(39-6)14-13-26(27)19-25)34-29-16-24(21-40-33(37)8-2)10-15-30(29)36(4,5)42-32(34)18-23/h11-14,16-20,22,29-30H,7-10,15,21H2,1-6H3/t22-,29?,30?/m1/s1. The molecule has 0 aromatic heterocycles. The molecular weight excluding hydrogens is 528 g/mol. The Labute approximate surface area is 249 Å². The van der Waals surface area contributed by atoms with Crippen molar-refractivity contribution in [1.29, 1.82) is 0 Å². The van der Waals surface area contributed by atoms with E-state index in [2.05, 4.69) is 32.9 Å². The molecule has 0 amide bonds. The van der Waals surface area contributed by atoms with E-state index in [9.17, 15) is 9.59 Å². The summed E-state index contributed by atoms with van der Waals surface area (Å²) in [5.74, 6) is 1.33. The van der Waals surface area contributed by atoms with Crippen LogP contribution in [0.2, 0.25) is 0 Å². The van der Waals surface area contributed by atoms with Gasteiger partial charge in [0.25, 0.3) is 0 Å². The number of hydrogen-bond acceptors (Lipinski definition) is 6. The molecule has 2 unspecified atom stereocenters. The Hall–Kier alpha value is -3.80. The van der Waals surface area contributed by atoms with E-state index in [1.807, 2.05) is 49.4 Å². The fourth-order valence-corrected chi connectivity index (χ4v) is 6.35. The highest BCUT2D eigenvalue weighted by Crippen LogP contribution is 2.54. The van der Waals surface area contributed by atoms with Gasteiger partial charge < -0.3 is 18.9 Å². The molecule has 1 aliphatic carbocycles. The predicted molar refractivity (Wildman–Crippen MR) is 164 cm³/mol. The van der Waals surface area contributed by atoms with Gasteiger partial charge in [0, 0.05) is 23.8 Å². The van der Waals surface area contributed by atoms with Gasteiger partial charge in [-0.05, 0) is 91.8 Å². The Morgan fingerprint density at radius 1 is 1.05 bits per heavy atom. The van der Waals surface area contributed by atoms with E-state index in [4.69, 9.17) is 18.9 Å². The van der Waals surface area contributed by atoms with E-state index in [1.54, 1.807) is 14.0 Å². The van der Waals surface area contributed by atoms with Gasteiger partial charge in [-0.2, -0.15) is 0 Å². The molecule has 0 spiro atoms. The van der Waals surface area contributed by atoms with Crippen molar-refractivity contribution in [1.82, 2.24) is 0 Å². The lowest BCUT2D eigenvalue weighted by Gasteiger charge is -2.47. The molecule has 1 aliphatic heterocycles. The summed E-state index contributed by atoms with van der Waals surface area (Å²) >= 11 is 0. The zero-order valence-corrected chi connectivity index (χ0v) is 25.6. The molecule has 0 bridgehead atoms. The van der Waals surface area contributed by atoms with Gasteiger partial charge in [-0.1, -0.05) is 50.6 Å². The SMILES string of the molecule is CCCc1cc(OC(=O)[C@H](C)c2ccc3cc(OC)ccc3c2)c2c(c1)OC(C)(C)C1CCC(COC(=O)CC)=CC21. The number of fused-ring (bicyclic) bond motifs is 4. The van der Waals surface area contributed by atoms with E-state index >= 15 is 0 Å². The Bertz CT molecular complexity index is 1520. The van der Waals surface area contributed by atoms with Crippen LogP contribution < -0.4 is 14.2 Å². The van der Waals surface area contributed by atoms with Crippen LogP contribution in [-0.4, -0.2) is 31.3 Å². The van der Waals surface area contributed by atoms with E-state index in [-0.39, 0.29) is 23.8 Å². The molecule has 222 valence electrons. The van der Waals surface area contributed by atoms with Gasteiger partial charge >= 0.3 is 11.9 Å². The van der Waals surface area contributed by atoms with E-state index in [0.717, 1.165) is 70.2 Å². The second-order valence-electron chi connectivity index (χ2n) is 12.1. The van der Waals surface area contributed by atoms with Crippen LogP contribution in [0.3, 0.4) is 0 Å². The number of hydrogen-bond donors (Lipinski definition) is 0. The highest BCUT2D eigenvalue weighted by Gasteiger charge is 2.46. The van der Waals surface area contributed by atoms with Gasteiger partial charge in [-0.15, -0.1) is 0 Å². The summed E-state index contributed by atoms with van der Waals surface area (Å²) in [6.45, 7) is 10.4. The molecule has 0 saturated heterocycles. The van der Waals surface area contributed by atoms with Crippen LogP contribution in [0.4, 0.5) is 0 Å². The molecule has 0 fully saturated rings. The second-order valence-corrected chi connectivity index (χ2v) is 12.1. The fourth-order valence-electron chi connectivity index (χ4n) is 6.35. The number of benzene rings is 3. The van der Waals surface area contributed by atoms with Gasteiger partial charge in [0.15, 0.2) is 0 Å². The molecule has 2 aliphatic rings. The van der Waals surface area contributed by atoms with Crippen molar-refractivity contribution >= 4 is 22.7 Å². The van der Waals surface area contributed by atoms with Gasteiger partial charge in [-0.25, -0.2) is 0 Å². The normalized spacial score (nSPS) is 19.5.